The van der Waals surface area contributed by atoms with E-state index in [0.29, 0.717) is 18.6 Å². The first kappa shape index (κ1) is 13.5. The van der Waals surface area contributed by atoms with E-state index in [4.69, 9.17) is 21.1 Å². The van der Waals surface area contributed by atoms with E-state index in [1.54, 1.807) is 0 Å². The van der Waals surface area contributed by atoms with E-state index >= 15 is 0 Å². The van der Waals surface area contributed by atoms with Crippen molar-refractivity contribution < 1.29 is 9.47 Å². The molecule has 100 valence electrons. The first-order valence-corrected chi connectivity index (χ1v) is 7.36. The van der Waals surface area contributed by atoms with Crippen molar-refractivity contribution in [2.45, 2.75) is 51.0 Å². The highest BCUT2D eigenvalue weighted by molar-refractivity contribution is 6.17. The van der Waals surface area contributed by atoms with Gasteiger partial charge in [-0.2, -0.15) is 0 Å². The maximum absolute atomic E-state index is 6.15. The number of para-hydroxylation sites is 1. The van der Waals surface area contributed by atoms with Gasteiger partial charge in [0.15, 0.2) is 11.5 Å². The van der Waals surface area contributed by atoms with Crippen LogP contribution in [-0.4, -0.2) is 12.7 Å². The fraction of sp³-hybridized carbons (Fsp3) is 0.600. The van der Waals surface area contributed by atoms with E-state index in [9.17, 15) is 0 Å². The quantitative estimate of drug-likeness (QED) is 0.730. The first-order chi connectivity index (χ1) is 8.85. The summed E-state index contributed by atoms with van der Waals surface area (Å²) in [5.41, 5.74) is 1.02. The van der Waals surface area contributed by atoms with Crippen LogP contribution < -0.4 is 9.47 Å². The van der Waals surface area contributed by atoms with E-state index in [2.05, 4.69) is 0 Å². The van der Waals surface area contributed by atoms with Crippen LogP contribution in [0.15, 0.2) is 18.2 Å². The molecular formula is C15H21ClO2. The van der Waals surface area contributed by atoms with Gasteiger partial charge in [-0.25, -0.2) is 0 Å². The van der Waals surface area contributed by atoms with E-state index in [-0.39, 0.29) is 0 Å². The van der Waals surface area contributed by atoms with Crippen LogP contribution in [0.25, 0.3) is 0 Å². The molecule has 0 aliphatic heterocycles. The van der Waals surface area contributed by atoms with Crippen molar-refractivity contribution in [3.63, 3.8) is 0 Å². The van der Waals surface area contributed by atoms with E-state index in [0.717, 1.165) is 29.9 Å². The highest BCUT2D eigenvalue weighted by atomic mass is 35.5. The van der Waals surface area contributed by atoms with Crippen molar-refractivity contribution in [3.8, 4) is 11.5 Å². The molecule has 0 heterocycles. The molecule has 2 nitrogen and oxygen atoms in total. The van der Waals surface area contributed by atoms with E-state index in [1.807, 2.05) is 25.1 Å². The Kier molecular flexibility index (Phi) is 5.18. The standard InChI is InChI=1S/C15H21ClO2/c1-2-17-14-10-6-7-12(11-16)15(14)18-13-8-4-3-5-9-13/h6-7,10,13H,2-5,8-9,11H2,1H3. The maximum atomic E-state index is 6.15. The molecule has 0 radical (unpaired) electrons. The van der Waals surface area contributed by atoms with Gasteiger partial charge in [0, 0.05) is 5.56 Å². The number of alkyl halides is 1. The third kappa shape index (κ3) is 3.32. The van der Waals surface area contributed by atoms with Crippen molar-refractivity contribution in [1.29, 1.82) is 0 Å². The van der Waals surface area contributed by atoms with E-state index in [1.165, 1.54) is 19.3 Å². The van der Waals surface area contributed by atoms with Crippen molar-refractivity contribution >= 4 is 11.6 Å². The highest BCUT2D eigenvalue weighted by Crippen LogP contribution is 2.35. The van der Waals surface area contributed by atoms with Crippen LogP contribution >= 0.6 is 11.6 Å². The number of rotatable bonds is 5. The molecule has 0 N–H and O–H groups in total. The molecule has 1 aromatic carbocycles. The number of halogens is 1. The van der Waals surface area contributed by atoms with Crippen molar-refractivity contribution in [1.82, 2.24) is 0 Å². The lowest BCUT2D eigenvalue weighted by Gasteiger charge is -2.25. The molecule has 0 aromatic heterocycles. The van der Waals surface area contributed by atoms with Gasteiger partial charge in [0.2, 0.25) is 0 Å². The second-order valence-electron chi connectivity index (χ2n) is 4.69. The number of hydrogen-bond donors (Lipinski definition) is 0. The Balaban J connectivity index is 2.16. The topological polar surface area (TPSA) is 18.5 Å². The molecule has 1 aliphatic rings. The largest absolute Gasteiger partial charge is 0.490 e. The number of hydrogen-bond acceptors (Lipinski definition) is 2. The lowest BCUT2D eigenvalue weighted by atomic mass is 9.97. The second kappa shape index (κ2) is 6.89. The summed E-state index contributed by atoms with van der Waals surface area (Å²) in [4.78, 5) is 0. The number of benzene rings is 1. The minimum atomic E-state index is 0.322. The summed E-state index contributed by atoms with van der Waals surface area (Å²) in [5, 5.41) is 0. The molecule has 1 fully saturated rings. The predicted molar refractivity (Wildman–Crippen MR) is 74.7 cm³/mol. The minimum absolute atomic E-state index is 0.322. The van der Waals surface area contributed by atoms with E-state index < -0.39 is 0 Å². The zero-order valence-electron chi connectivity index (χ0n) is 11.0. The summed E-state index contributed by atoms with van der Waals surface area (Å²) in [6.45, 7) is 2.63. The third-order valence-corrected chi connectivity index (χ3v) is 3.63. The maximum Gasteiger partial charge on any atom is 0.165 e. The van der Waals surface area contributed by atoms with Gasteiger partial charge in [0.1, 0.15) is 0 Å². The highest BCUT2D eigenvalue weighted by Gasteiger charge is 2.19. The molecule has 1 aromatic rings. The van der Waals surface area contributed by atoms with Gasteiger partial charge in [-0.3, -0.25) is 0 Å². The Bertz CT molecular complexity index is 373. The molecule has 18 heavy (non-hydrogen) atoms. The monoisotopic (exact) mass is 268 g/mol. The Morgan fingerprint density at radius 3 is 2.67 bits per heavy atom. The van der Waals surface area contributed by atoms with Gasteiger partial charge in [-0.15, -0.1) is 11.6 Å². The predicted octanol–water partition coefficient (Wildman–Crippen LogP) is 4.54. The van der Waals surface area contributed by atoms with Gasteiger partial charge < -0.3 is 9.47 Å². The molecule has 0 spiro atoms. The smallest absolute Gasteiger partial charge is 0.165 e. The molecule has 0 unspecified atom stereocenters. The van der Waals surface area contributed by atoms with Crippen LogP contribution in [0.4, 0.5) is 0 Å². The molecule has 3 heteroatoms. The van der Waals surface area contributed by atoms with Gasteiger partial charge >= 0.3 is 0 Å². The summed E-state index contributed by atoms with van der Waals surface area (Å²) in [7, 11) is 0. The van der Waals surface area contributed by atoms with Gasteiger partial charge in [-0.05, 0) is 38.7 Å². The molecule has 2 rings (SSSR count). The summed E-state index contributed by atoms with van der Waals surface area (Å²) in [6.07, 6.45) is 6.46. The summed E-state index contributed by atoms with van der Waals surface area (Å²) >= 11 is 5.99. The van der Waals surface area contributed by atoms with Crippen LogP contribution in [-0.2, 0) is 5.88 Å². The Hall–Kier alpha value is -0.890. The van der Waals surface area contributed by atoms with Crippen molar-refractivity contribution in [2.75, 3.05) is 6.61 Å². The minimum Gasteiger partial charge on any atom is -0.490 e. The Morgan fingerprint density at radius 1 is 1.22 bits per heavy atom. The summed E-state index contributed by atoms with van der Waals surface area (Å²) < 4.78 is 11.8. The van der Waals surface area contributed by atoms with Crippen molar-refractivity contribution in [3.05, 3.63) is 23.8 Å². The SMILES string of the molecule is CCOc1cccc(CCl)c1OC1CCCCC1. The average molecular weight is 269 g/mol. The Labute approximate surface area is 114 Å². The van der Waals surface area contributed by atoms with Gasteiger partial charge in [0.25, 0.3) is 0 Å². The first-order valence-electron chi connectivity index (χ1n) is 6.82. The Morgan fingerprint density at radius 2 is 2.00 bits per heavy atom. The molecule has 0 amide bonds. The third-order valence-electron chi connectivity index (χ3n) is 3.34. The second-order valence-corrected chi connectivity index (χ2v) is 4.96. The summed E-state index contributed by atoms with van der Waals surface area (Å²) in [6, 6.07) is 5.93. The molecule has 0 atom stereocenters. The lowest BCUT2D eigenvalue weighted by molar-refractivity contribution is 0.146. The average Bonchev–Trinajstić information content (AvgIpc) is 2.42. The molecular weight excluding hydrogens is 248 g/mol. The van der Waals surface area contributed by atoms with Crippen LogP contribution in [0.5, 0.6) is 11.5 Å². The lowest BCUT2D eigenvalue weighted by Crippen LogP contribution is -2.20. The van der Waals surface area contributed by atoms with Crippen molar-refractivity contribution in [2.24, 2.45) is 0 Å². The molecule has 1 saturated carbocycles. The van der Waals surface area contributed by atoms with Crippen LogP contribution in [0.1, 0.15) is 44.6 Å². The van der Waals surface area contributed by atoms with Crippen LogP contribution in [0.2, 0.25) is 0 Å². The van der Waals surface area contributed by atoms with Gasteiger partial charge in [0.05, 0.1) is 18.6 Å². The van der Waals surface area contributed by atoms with Crippen LogP contribution in [0, 0.1) is 0 Å². The molecule has 0 bridgehead atoms. The number of ether oxygens (including phenoxy) is 2. The zero-order valence-corrected chi connectivity index (χ0v) is 11.7. The molecule has 1 aliphatic carbocycles. The summed E-state index contributed by atoms with van der Waals surface area (Å²) in [5.74, 6) is 2.13. The normalized spacial score (nSPS) is 16.6. The zero-order chi connectivity index (χ0) is 12.8. The fourth-order valence-electron chi connectivity index (χ4n) is 2.42. The molecule has 0 saturated heterocycles. The van der Waals surface area contributed by atoms with Gasteiger partial charge in [-0.1, -0.05) is 18.6 Å². The fourth-order valence-corrected chi connectivity index (χ4v) is 2.63. The van der Waals surface area contributed by atoms with Crippen LogP contribution in [0.3, 0.4) is 0 Å².